The summed E-state index contributed by atoms with van der Waals surface area (Å²) in [6, 6.07) is 13.8. The highest BCUT2D eigenvalue weighted by molar-refractivity contribution is 5.95. The molecule has 2 heterocycles. The summed E-state index contributed by atoms with van der Waals surface area (Å²) in [4.78, 5) is 43.9. The molecule has 9 heteroatoms. The van der Waals surface area contributed by atoms with Gasteiger partial charge in [-0.25, -0.2) is 14.0 Å². The second-order valence-electron chi connectivity index (χ2n) is 8.51. The highest BCUT2D eigenvalue weighted by Crippen LogP contribution is 2.32. The minimum atomic E-state index is -0.829. The zero-order chi connectivity index (χ0) is 24.9. The van der Waals surface area contributed by atoms with Crippen molar-refractivity contribution in [1.82, 2.24) is 20.0 Å². The number of likely N-dealkylation sites (N-methyl/N-ethyl adjacent to an activating group) is 1. The van der Waals surface area contributed by atoms with Crippen LogP contribution in [0.3, 0.4) is 0 Å². The molecule has 184 valence electrons. The summed E-state index contributed by atoms with van der Waals surface area (Å²) in [7, 11) is 1.60. The van der Waals surface area contributed by atoms with Crippen molar-refractivity contribution in [2.24, 2.45) is 0 Å². The molecule has 0 spiro atoms. The van der Waals surface area contributed by atoms with Gasteiger partial charge >= 0.3 is 12.0 Å². The minimum absolute atomic E-state index is 0.0167. The smallest absolute Gasteiger partial charge is 0.338 e. The number of carbonyl (C=O) groups excluding carboxylic acids is 3. The Morgan fingerprint density at radius 2 is 1.77 bits per heavy atom. The fourth-order valence-electron chi connectivity index (χ4n) is 4.42. The highest BCUT2D eigenvalue weighted by atomic mass is 19.1. The van der Waals surface area contributed by atoms with Crippen LogP contribution in [-0.2, 0) is 9.53 Å². The number of nitrogens with zero attached hydrogens (tertiary/aromatic N) is 3. The van der Waals surface area contributed by atoms with Gasteiger partial charge in [-0.05, 0) is 36.8 Å². The number of nitrogens with one attached hydrogen (secondary N) is 1. The van der Waals surface area contributed by atoms with Crippen LogP contribution in [0, 0.1) is 5.82 Å². The molecule has 2 aromatic rings. The van der Waals surface area contributed by atoms with Gasteiger partial charge in [0.05, 0.1) is 18.2 Å². The molecule has 1 N–H and O–H groups in total. The molecule has 2 aromatic carbocycles. The zero-order valence-corrected chi connectivity index (χ0v) is 19.9. The summed E-state index contributed by atoms with van der Waals surface area (Å²) < 4.78 is 19.3. The molecule has 0 bridgehead atoms. The molecule has 0 radical (unpaired) electrons. The van der Waals surface area contributed by atoms with Gasteiger partial charge in [-0.1, -0.05) is 30.3 Å². The van der Waals surface area contributed by atoms with Gasteiger partial charge in [0.25, 0.3) is 5.91 Å². The number of piperazine rings is 1. The number of esters is 1. The van der Waals surface area contributed by atoms with Gasteiger partial charge in [-0.15, -0.1) is 0 Å². The predicted octanol–water partition coefficient (Wildman–Crippen LogP) is 2.80. The van der Waals surface area contributed by atoms with Gasteiger partial charge in [0.1, 0.15) is 5.82 Å². The van der Waals surface area contributed by atoms with Crippen molar-refractivity contribution >= 4 is 17.9 Å². The Bertz CT molecular complexity index is 1130. The third-order valence-corrected chi connectivity index (χ3v) is 6.31. The number of ether oxygens (including phenoxy) is 1. The summed E-state index contributed by atoms with van der Waals surface area (Å²) in [5.74, 6) is -1.03. The van der Waals surface area contributed by atoms with E-state index in [-0.39, 0.29) is 24.1 Å². The average molecular weight is 481 g/mol. The topological polar surface area (TPSA) is 82.2 Å². The fourth-order valence-corrected chi connectivity index (χ4v) is 4.42. The quantitative estimate of drug-likeness (QED) is 0.643. The zero-order valence-electron chi connectivity index (χ0n) is 19.9. The van der Waals surface area contributed by atoms with Gasteiger partial charge in [0, 0.05) is 51.0 Å². The summed E-state index contributed by atoms with van der Waals surface area (Å²) in [6.07, 6.45) is 0. The van der Waals surface area contributed by atoms with E-state index in [0.29, 0.717) is 49.5 Å². The van der Waals surface area contributed by atoms with Crippen molar-refractivity contribution in [1.29, 1.82) is 0 Å². The van der Waals surface area contributed by atoms with Crippen LogP contribution in [0.2, 0.25) is 0 Å². The summed E-state index contributed by atoms with van der Waals surface area (Å²) in [5.41, 5.74) is 1.90. The first-order chi connectivity index (χ1) is 16.9. The van der Waals surface area contributed by atoms with E-state index in [2.05, 4.69) is 10.2 Å². The lowest BCUT2D eigenvalue weighted by Crippen LogP contribution is -2.53. The minimum Gasteiger partial charge on any atom is -0.463 e. The lowest BCUT2D eigenvalue weighted by molar-refractivity contribution is -0.139. The van der Waals surface area contributed by atoms with Gasteiger partial charge in [0.15, 0.2) is 0 Å². The Hall–Kier alpha value is -3.72. The summed E-state index contributed by atoms with van der Waals surface area (Å²) >= 11 is 0. The molecule has 3 amide bonds. The number of urea groups is 1. The van der Waals surface area contributed by atoms with E-state index >= 15 is 0 Å². The van der Waals surface area contributed by atoms with Crippen molar-refractivity contribution in [2.45, 2.75) is 13.0 Å². The monoisotopic (exact) mass is 480 g/mol. The number of rotatable bonds is 6. The van der Waals surface area contributed by atoms with Gasteiger partial charge in [-0.3, -0.25) is 14.6 Å². The summed E-state index contributed by atoms with van der Waals surface area (Å²) in [5, 5.41) is 2.80. The lowest BCUT2D eigenvalue weighted by atomic mass is 9.94. The Balaban J connectivity index is 1.57. The average Bonchev–Trinajstić information content (AvgIpc) is 2.87. The molecule has 0 aliphatic carbocycles. The van der Waals surface area contributed by atoms with E-state index in [9.17, 15) is 18.8 Å². The van der Waals surface area contributed by atoms with E-state index in [0.717, 1.165) is 0 Å². The fraction of sp³-hybridized carbons (Fsp3) is 0.346. The van der Waals surface area contributed by atoms with E-state index in [1.807, 2.05) is 18.2 Å². The van der Waals surface area contributed by atoms with Crippen molar-refractivity contribution in [3.8, 4) is 0 Å². The van der Waals surface area contributed by atoms with Crippen LogP contribution < -0.4 is 5.32 Å². The molecule has 2 aliphatic rings. The molecule has 1 saturated heterocycles. The molecule has 1 fully saturated rings. The maximum Gasteiger partial charge on any atom is 0.338 e. The van der Waals surface area contributed by atoms with E-state index in [1.165, 1.54) is 17.0 Å². The molecule has 0 unspecified atom stereocenters. The Morgan fingerprint density at radius 1 is 1.06 bits per heavy atom. The molecule has 2 aliphatic heterocycles. The van der Waals surface area contributed by atoms with Gasteiger partial charge < -0.3 is 15.0 Å². The SMILES string of the molecule is CCOC(=O)C1=C(CN2CCN(C(=O)c3ccccc3)CC2)N(C)C(=O)N[C@@H]1c1cccc(F)c1. The number of hydrogen-bond acceptors (Lipinski definition) is 5. The van der Waals surface area contributed by atoms with E-state index < -0.39 is 17.8 Å². The van der Waals surface area contributed by atoms with Crippen LogP contribution >= 0.6 is 0 Å². The van der Waals surface area contributed by atoms with Crippen LogP contribution in [-0.4, -0.2) is 79.0 Å². The van der Waals surface area contributed by atoms with Gasteiger partial charge in [0.2, 0.25) is 0 Å². The first-order valence-electron chi connectivity index (χ1n) is 11.7. The Labute approximate surface area is 203 Å². The predicted molar refractivity (Wildman–Crippen MR) is 128 cm³/mol. The van der Waals surface area contributed by atoms with Crippen LogP contribution in [0.25, 0.3) is 0 Å². The first kappa shape index (κ1) is 24.4. The number of benzene rings is 2. The maximum atomic E-state index is 14.0. The highest BCUT2D eigenvalue weighted by Gasteiger charge is 2.38. The van der Waals surface area contributed by atoms with Crippen LogP contribution in [0.15, 0.2) is 65.9 Å². The van der Waals surface area contributed by atoms with E-state index in [1.54, 1.807) is 43.1 Å². The standard InChI is InChI=1S/C26H29FN4O4/c1-3-35-25(33)22-21(29(2)26(34)28-23(22)19-10-7-11-20(27)16-19)17-30-12-14-31(15-13-30)24(32)18-8-5-4-6-9-18/h4-11,16,23H,3,12-15,17H2,1-2H3,(H,28,34)/t23-/m1/s1. The molecule has 8 nitrogen and oxygen atoms in total. The Kier molecular flexibility index (Phi) is 7.45. The maximum absolute atomic E-state index is 14.0. The lowest BCUT2D eigenvalue weighted by Gasteiger charge is -2.39. The molecule has 0 saturated carbocycles. The second-order valence-corrected chi connectivity index (χ2v) is 8.51. The second kappa shape index (κ2) is 10.7. The number of halogens is 1. The first-order valence-corrected chi connectivity index (χ1v) is 11.7. The third-order valence-electron chi connectivity index (χ3n) is 6.31. The van der Waals surface area contributed by atoms with Crippen molar-refractivity contribution in [2.75, 3.05) is 46.4 Å². The van der Waals surface area contributed by atoms with E-state index in [4.69, 9.17) is 4.74 Å². The summed E-state index contributed by atoms with van der Waals surface area (Å²) in [6.45, 7) is 4.42. The Morgan fingerprint density at radius 3 is 2.43 bits per heavy atom. The molecule has 0 aromatic heterocycles. The molecule has 35 heavy (non-hydrogen) atoms. The molecule has 4 rings (SSSR count). The normalized spacial score (nSPS) is 18.9. The number of hydrogen-bond donors (Lipinski definition) is 1. The number of amides is 3. The van der Waals surface area contributed by atoms with Crippen LogP contribution in [0.5, 0.6) is 0 Å². The number of carbonyl (C=O) groups is 3. The van der Waals surface area contributed by atoms with Crippen LogP contribution in [0.4, 0.5) is 9.18 Å². The van der Waals surface area contributed by atoms with Crippen molar-refractivity contribution in [3.63, 3.8) is 0 Å². The molecular formula is C26H29FN4O4. The molecular weight excluding hydrogens is 451 g/mol. The largest absolute Gasteiger partial charge is 0.463 e. The van der Waals surface area contributed by atoms with Crippen molar-refractivity contribution < 1.29 is 23.5 Å². The van der Waals surface area contributed by atoms with Gasteiger partial charge in [-0.2, -0.15) is 0 Å². The van der Waals surface area contributed by atoms with Crippen LogP contribution in [0.1, 0.15) is 28.9 Å². The third kappa shape index (κ3) is 5.35. The van der Waals surface area contributed by atoms with Crippen molar-refractivity contribution in [3.05, 3.63) is 82.8 Å². The molecule has 1 atom stereocenters.